The maximum Gasteiger partial charge on any atom is 0.00151 e. The summed E-state index contributed by atoms with van der Waals surface area (Å²) in [5.41, 5.74) is 0.516. The highest BCUT2D eigenvalue weighted by Gasteiger charge is 2.30. The van der Waals surface area contributed by atoms with Gasteiger partial charge in [0.2, 0.25) is 0 Å². The van der Waals surface area contributed by atoms with Crippen molar-refractivity contribution in [2.45, 2.75) is 40.5 Å². The minimum Gasteiger partial charge on any atom is -0.303 e. The minimum atomic E-state index is 0.516. The van der Waals surface area contributed by atoms with Crippen LogP contribution in [0.4, 0.5) is 0 Å². The average Bonchev–Trinajstić information content (AvgIpc) is 2.35. The van der Waals surface area contributed by atoms with Crippen molar-refractivity contribution in [2.24, 2.45) is 11.3 Å². The SMILES string of the molecule is CCCN1CCC(C(C)(C)C)C1. The standard InChI is InChI=1S/C11H23N/c1-5-7-12-8-6-10(9-12)11(2,3)4/h10H,5-9H2,1-4H3. The Bertz CT molecular complexity index is 134. The largest absolute Gasteiger partial charge is 0.303 e. The number of likely N-dealkylation sites (tertiary alicyclic amines) is 1. The van der Waals surface area contributed by atoms with Gasteiger partial charge in [0.15, 0.2) is 0 Å². The Morgan fingerprint density at radius 2 is 2.00 bits per heavy atom. The fourth-order valence-electron chi connectivity index (χ4n) is 2.06. The summed E-state index contributed by atoms with van der Waals surface area (Å²) in [5, 5.41) is 0. The van der Waals surface area contributed by atoms with Crippen LogP contribution in [-0.4, -0.2) is 24.5 Å². The number of hydrogen-bond donors (Lipinski definition) is 0. The van der Waals surface area contributed by atoms with Gasteiger partial charge >= 0.3 is 0 Å². The van der Waals surface area contributed by atoms with Crippen molar-refractivity contribution in [3.63, 3.8) is 0 Å². The summed E-state index contributed by atoms with van der Waals surface area (Å²) >= 11 is 0. The van der Waals surface area contributed by atoms with E-state index >= 15 is 0 Å². The van der Waals surface area contributed by atoms with Crippen molar-refractivity contribution in [1.29, 1.82) is 0 Å². The zero-order chi connectivity index (χ0) is 9.19. The molecule has 1 atom stereocenters. The van der Waals surface area contributed by atoms with E-state index in [4.69, 9.17) is 0 Å². The molecule has 0 aliphatic carbocycles. The normalized spacial score (nSPS) is 26.5. The molecule has 0 bridgehead atoms. The Morgan fingerprint density at radius 3 is 2.42 bits per heavy atom. The molecular formula is C11H23N. The molecule has 1 unspecified atom stereocenters. The maximum atomic E-state index is 2.61. The zero-order valence-corrected chi connectivity index (χ0v) is 9.06. The van der Waals surface area contributed by atoms with Crippen molar-refractivity contribution in [2.75, 3.05) is 19.6 Å². The van der Waals surface area contributed by atoms with Gasteiger partial charge in [-0.15, -0.1) is 0 Å². The molecule has 0 spiro atoms. The third kappa shape index (κ3) is 2.48. The van der Waals surface area contributed by atoms with Crippen molar-refractivity contribution in [1.82, 2.24) is 4.90 Å². The van der Waals surface area contributed by atoms with Gasteiger partial charge in [-0.3, -0.25) is 0 Å². The van der Waals surface area contributed by atoms with Gasteiger partial charge in [0.1, 0.15) is 0 Å². The molecule has 1 rings (SSSR count). The molecule has 0 saturated carbocycles. The van der Waals surface area contributed by atoms with Crippen molar-refractivity contribution in [3.05, 3.63) is 0 Å². The first-order valence-corrected chi connectivity index (χ1v) is 5.26. The fourth-order valence-corrected chi connectivity index (χ4v) is 2.06. The van der Waals surface area contributed by atoms with Gasteiger partial charge in [-0.05, 0) is 37.3 Å². The predicted molar refractivity (Wildman–Crippen MR) is 54.3 cm³/mol. The van der Waals surface area contributed by atoms with Crippen LogP contribution in [-0.2, 0) is 0 Å². The summed E-state index contributed by atoms with van der Waals surface area (Å²) in [4.78, 5) is 2.61. The molecule has 72 valence electrons. The second-order valence-corrected chi connectivity index (χ2v) is 5.15. The first kappa shape index (κ1) is 10.0. The second-order valence-electron chi connectivity index (χ2n) is 5.15. The lowest BCUT2D eigenvalue weighted by Crippen LogP contribution is -2.26. The summed E-state index contributed by atoms with van der Waals surface area (Å²) in [6.07, 6.45) is 2.71. The van der Waals surface area contributed by atoms with Gasteiger partial charge in [0.05, 0.1) is 0 Å². The second kappa shape index (κ2) is 3.78. The molecule has 0 aromatic rings. The number of nitrogens with zero attached hydrogens (tertiary/aromatic N) is 1. The first-order valence-electron chi connectivity index (χ1n) is 5.26. The summed E-state index contributed by atoms with van der Waals surface area (Å²) in [5.74, 6) is 0.920. The van der Waals surface area contributed by atoms with Crippen LogP contribution in [0.1, 0.15) is 40.5 Å². The minimum absolute atomic E-state index is 0.516. The van der Waals surface area contributed by atoms with E-state index in [1.807, 2.05) is 0 Å². The molecule has 1 nitrogen and oxygen atoms in total. The van der Waals surface area contributed by atoms with Gasteiger partial charge in [-0.2, -0.15) is 0 Å². The zero-order valence-electron chi connectivity index (χ0n) is 9.06. The number of hydrogen-bond acceptors (Lipinski definition) is 1. The molecule has 0 amide bonds. The highest BCUT2D eigenvalue weighted by Crippen LogP contribution is 2.33. The van der Waals surface area contributed by atoms with Crippen LogP contribution in [0.3, 0.4) is 0 Å². The molecule has 0 N–H and O–H groups in total. The Hall–Kier alpha value is -0.0400. The van der Waals surface area contributed by atoms with E-state index in [2.05, 4.69) is 32.6 Å². The van der Waals surface area contributed by atoms with E-state index in [1.165, 1.54) is 32.5 Å². The van der Waals surface area contributed by atoms with Gasteiger partial charge < -0.3 is 4.90 Å². The van der Waals surface area contributed by atoms with Crippen molar-refractivity contribution < 1.29 is 0 Å². The van der Waals surface area contributed by atoms with Gasteiger partial charge in [-0.25, -0.2) is 0 Å². The topological polar surface area (TPSA) is 3.24 Å². The van der Waals surface area contributed by atoms with Crippen LogP contribution in [0, 0.1) is 11.3 Å². The molecule has 1 aliphatic rings. The lowest BCUT2D eigenvalue weighted by atomic mass is 9.80. The molecule has 12 heavy (non-hydrogen) atoms. The Labute approximate surface area is 77.1 Å². The Balaban J connectivity index is 2.35. The highest BCUT2D eigenvalue weighted by atomic mass is 15.1. The van der Waals surface area contributed by atoms with Gasteiger partial charge in [-0.1, -0.05) is 27.7 Å². The van der Waals surface area contributed by atoms with E-state index in [-0.39, 0.29) is 0 Å². The molecule has 1 aliphatic heterocycles. The molecule has 0 aromatic heterocycles. The van der Waals surface area contributed by atoms with E-state index < -0.39 is 0 Å². The summed E-state index contributed by atoms with van der Waals surface area (Å²) < 4.78 is 0. The average molecular weight is 169 g/mol. The van der Waals surface area contributed by atoms with Crippen LogP contribution in [0.2, 0.25) is 0 Å². The predicted octanol–water partition coefficient (Wildman–Crippen LogP) is 2.76. The van der Waals surface area contributed by atoms with Crippen molar-refractivity contribution >= 4 is 0 Å². The molecule has 1 heterocycles. The Kier molecular flexibility index (Phi) is 3.16. The Morgan fingerprint density at radius 1 is 1.33 bits per heavy atom. The van der Waals surface area contributed by atoms with Crippen molar-refractivity contribution in [3.8, 4) is 0 Å². The summed E-state index contributed by atoms with van der Waals surface area (Å²) in [6.45, 7) is 13.3. The van der Waals surface area contributed by atoms with Crippen LogP contribution in [0.15, 0.2) is 0 Å². The van der Waals surface area contributed by atoms with E-state index in [0.717, 1.165) is 5.92 Å². The monoisotopic (exact) mass is 169 g/mol. The maximum absolute atomic E-state index is 2.61. The van der Waals surface area contributed by atoms with Crippen LogP contribution >= 0.6 is 0 Å². The number of rotatable bonds is 2. The molecule has 1 fully saturated rings. The molecule has 0 aromatic carbocycles. The van der Waals surface area contributed by atoms with E-state index in [0.29, 0.717) is 5.41 Å². The first-order chi connectivity index (χ1) is 5.54. The third-order valence-corrected chi connectivity index (χ3v) is 3.04. The van der Waals surface area contributed by atoms with E-state index in [9.17, 15) is 0 Å². The van der Waals surface area contributed by atoms with Gasteiger partial charge in [0.25, 0.3) is 0 Å². The smallest absolute Gasteiger partial charge is 0.00151 e. The molecular weight excluding hydrogens is 146 g/mol. The van der Waals surface area contributed by atoms with Gasteiger partial charge in [0, 0.05) is 6.54 Å². The molecule has 1 heteroatoms. The third-order valence-electron chi connectivity index (χ3n) is 3.04. The summed E-state index contributed by atoms with van der Waals surface area (Å²) in [6, 6.07) is 0. The van der Waals surface area contributed by atoms with Crippen LogP contribution in [0.25, 0.3) is 0 Å². The lowest BCUT2D eigenvalue weighted by Gasteiger charge is -2.27. The summed E-state index contributed by atoms with van der Waals surface area (Å²) in [7, 11) is 0. The quantitative estimate of drug-likeness (QED) is 0.614. The van der Waals surface area contributed by atoms with E-state index in [1.54, 1.807) is 0 Å². The molecule has 1 saturated heterocycles. The lowest BCUT2D eigenvalue weighted by molar-refractivity contribution is 0.229. The fraction of sp³-hybridized carbons (Fsp3) is 1.00. The highest BCUT2D eigenvalue weighted by molar-refractivity contribution is 4.83. The molecule has 0 radical (unpaired) electrons. The van der Waals surface area contributed by atoms with Crippen LogP contribution in [0.5, 0.6) is 0 Å². The van der Waals surface area contributed by atoms with Crippen LogP contribution < -0.4 is 0 Å².